The van der Waals surface area contributed by atoms with E-state index < -0.39 is 0 Å². The highest BCUT2D eigenvalue weighted by atomic mass is 35.5. The molecule has 2 aromatic rings. The molecule has 21 heavy (non-hydrogen) atoms. The minimum absolute atomic E-state index is 0.0519. The normalized spacial score (nSPS) is 17.3. The molecule has 1 aliphatic rings. The molecule has 0 amide bonds. The lowest BCUT2D eigenvalue weighted by Gasteiger charge is -2.36. The van der Waals surface area contributed by atoms with Crippen LogP contribution >= 0.6 is 23.2 Å². The van der Waals surface area contributed by atoms with Crippen molar-refractivity contribution in [2.75, 3.05) is 18.1 Å². The summed E-state index contributed by atoms with van der Waals surface area (Å²) in [6.07, 6.45) is -0.292. The van der Waals surface area contributed by atoms with Crippen molar-refractivity contribution in [2.45, 2.75) is 12.6 Å². The molecule has 0 aromatic heterocycles. The highest BCUT2D eigenvalue weighted by Gasteiger charge is 2.27. The van der Waals surface area contributed by atoms with Crippen molar-refractivity contribution in [2.24, 2.45) is 0 Å². The molecule has 1 N–H and O–H groups in total. The summed E-state index contributed by atoms with van der Waals surface area (Å²) in [4.78, 5) is 2.13. The van der Waals surface area contributed by atoms with Gasteiger partial charge < -0.3 is 14.7 Å². The molecule has 3 nitrogen and oxygen atoms in total. The van der Waals surface area contributed by atoms with Crippen LogP contribution in [0.25, 0.3) is 0 Å². The summed E-state index contributed by atoms with van der Waals surface area (Å²) in [5, 5.41) is 10.5. The maximum absolute atomic E-state index is 9.43. The van der Waals surface area contributed by atoms with Crippen LogP contribution in [0.5, 0.6) is 5.75 Å². The molecule has 0 radical (unpaired) electrons. The molecular formula is C16H15Cl2NO2. The number of aliphatic hydroxyl groups excluding tert-OH is 1. The highest BCUT2D eigenvalue weighted by molar-refractivity contribution is 6.36. The Bertz CT molecular complexity index is 634. The van der Waals surface area contributed by atoms with E-state index in [9.17, 15) is 5.11 Å². The van der Waals surface area contributed by atoms with E-state index in [4.69, 9.17) is 27.9 Å². The van der Waals surface area contributed by atoms with Gasteiger partial charge in [-0.25, -0.2) is 0 Å². The van der Waals surface area contributed by atoms with Gasteiger partial charge in [0.25, 0.3) is 0 Å². The highest BCUT2D eigenvalue weighted by Crippen LogP contribution is 2.42. The molecule has 5 heteroatoms. The minimum atomic E-state index is -0.292. The molecular weight excluding hydrogens is 309 g/mol. The van der Waals surface area contributed by atoms with E-state index in [0.29, 0.717) is 28.9 Å². The van der Waals surface area contributed by atoms with Crippen molar-refractivity contribution in [3.8, 4) is 5.75 Å². The molecule has 1 aliphatic heterocycles. The van der Waals surface area contributed by atoms with Gasteiger partial charge in [-0.1, -0.05) is 53.5 Å². The molecule has 0 aliphatic carbocycles. The van der Waals surface area contributed by atoms with Gasteiger partial charge in [0.1, 0.15) is 6.10 Å². The lowest BCUT2D eigenvalue weighted by Crippen LogP contribution is -2.41. The molecule has 0 saturated heterocycles. The quantitative estimate of drug-likeness (QED) is 0.933. The third-order valence-electron chi connectivity index (χ3n) is 3.46. The Kier molecular flexibility index (Phi) is 4.24. The average Bonchev–Trinajstić information content (AvgIpc) is 2.49. The van der Waals surface area contributed by atoms with E-state index in [0.717, 1.165) is 5.69 Å². The fraction of sp³-hybridized carbons (Fsp3) is 0.250. The first-order valence-electron chi connectivity index (χ1n) is 6.73. The molecule has 3 rings (SSSR count). The zero-order chi connectivity index (χ0) is 14.8. The second-order valence-electron chi connectivity index (χ2n) is 5.02. The summed E-state index contributed by atoms with van der Waals surface area (Å²) >= 11 is 12.3. The summed E-state index contributed by atoms with van der Waals surface area (Å²) in [6.45, 7) is 1.25. The van der Waals surface area contributed by atoms with Gasteiger partial charge in [0, 0.05) is 11.6 Å². The second kappa shape index (κ2) is 6.14. The fourth-order valence-corrected chi connectivity index (χ4v) is 3.02. The van der Waals surface area contributed by atoms with E-state index in [1.807, 2.05) is 24.3 Å². The number of hydrogen-bond donors (Lipinski definition) is 1. The van der Waals surface area contributed by atoms with Crippen molar-refractivity contribution in [3.05, 3.63) is 58.1 Å². The molecule has 110 valence electrons. The van der Waals surface area contributed by atoms with Crippen LogP contribution in [0.15, 0.2) is 42.5 Å². The Morgan fingerprint density at radius 2 is 1.95 bits per heavy atom. The van der Waals surface area contributed by atoms with Crippen LogP contribution in [-0.2, 0) is 6.54 Å². The summed E-state index contributed by atoms with van der Waals surface area (Å²) in [6, 6.07) is 13.6. The lowest BCUT2D eigenvalue weighted by molar-refractivity contribution is 0.112. The van der Waals surface area contributed by atoms with Crippen LogP contribution in [0.4, 0.5) is 5.69 Å². The van der Waals surface area contributed by atoms with Gasteiger partial charge in [-0.15, -0.1) is 0 Å². The maximum atomic E-state index is 9.43. The van der Waals surface area contributed by atoms with Crippen molar-refractivity contribution in [3.63, 3.8) is 0 Å². The third-order valence-corrected chi connectivity index (χ3v) is 3.96. The van der Waals surface area contributed by atoms with Crippen molar-refractivity contribution in [1.29, 1.82) is 0 Å². The number of fused-ring (bicyclic) bond motifs is 1. The predicted octanol–water partition coefficient (Wildman–Crippen LogP) is 3.75. The first-order valence-corrected chi connectivity index (χ1v) is 7.48. The monoisotopic (exact) mass is 323 g/mol. The smallest absolute Gasteiger partial charge is 0.161 e. The van der Waals surface area contributed by atoms with Crippen LogP contribution in [0.2, 0.25) is 10.0 Å². The summed E-state index contributed by atoms with van der Waals surface area (Å²) in [7, 11) is 0. The number of halogens is 2. The van der Waals surface area contributed by atoms with Crippen LogP contribution in [0.1, 0.15) is 5.56 Å². The molecule has 0 spiro atoms. The largest absolute Gasteiger partial charge is 0.482 e. The van der Waals surface area contributed by atoms with E-state index in [2.05, 4.69) is 17.0 Å². The van der Waals surface area contributed by atoms with Gasteiger partial charge in [-0.2, -0.15) is 0 Å². The third kappa shape index (κ3) is 3.10. The van der Waals surface area contributed by atoms with Gasteiger partial charge in [0.2, 0.25) is 0 Å². The number of aliphatic hydroxyl groups is 1. The van der Waals surface area contributed by atoms with E-state index in [1.54, 1.807) is 6.07 Å². The van der Waals surface area contributed by atoms with Crippen molar-refractivity contribution >= 4 is 28.9 Å². The maximum Gasteiger partial charge on any atom is 0.161 e. The number of anilines is 1. The van der Waals surface area contributed by atoms with Gasteiger partial charge in [-0.3, -0.25) is 0 Å². The minimum Gasteiger partial charge on any atom is -0.482 e. The fourth-order valence-electron chi connectivity index (χ4n) is 2.49. The molecule has 0 saturated carbocycles. The summed E-state index contributed by atoms with van der Waals surface area (Å²) in [5.41, 5.74) is 2.04. The number of rotatable bonds is 3. The molecule has 2 aromatic carbocycles. The standard InChI is InChI=1S/C16H15Cl2NO2/c17-12-6-14(18)16-15(7-12)19(9-13(10-20)21-16)8-11-4-2-1-3-5-11/h1-7,13,20H,8-10H2/t13-/m1/s1. The van der Waals surface area contributed by atoms with Crippen LogP contribution in [-0.4, -0.2) is 24.4 Å². The Morgan fingerprint density at radius 1 is 1.19 bits per heavy atom. The van der Waals surface area contributed by atoms with Crippen LogP contribution in [0, 0.1) is 0 Å². The Labute approximate surface area is 133 Å². The molecule has 1 atom stereocenters. The van der Waals surface area contributed by atoms with E-state index in [-0.39, 0.29) is 12.7 Å². The van der Waals surface area contributed by atoms with Crippen LogP contribution in [0.3, 0.4) is 0 Å². The zero-order valence-corrected chi connectivity index (χ0v) is 12.8. The Balaban J connectivity index is 1.97. The topological polar surface area (TPSA) is 32.7 Å². The SMILES string of the molecule is OC[C@H]1CN(Cc2ccccc2)c2cc(Cl)cc(Cl)c2O1. The summed E-state index contributed by atoms with van der Waals surface area (Å²) in [5.74, 6) is 0.585. The lowest BCUT2D eigenvalue weighted by atomic mass is 10.1. The van der Waals surface area contributed by atoms with Gasteiger partial charge in [0.15, 0.2) is 5.75 Å². The number of ether oxygens (including phenoxy) is 1. The first kappa shape index (κ1) is 14.5. The molecule has 1 heterocycles. The number of nitrogens with zero attached hydrogens (tertiary/aromatic N) is 1. The Morgan fingerprint density at radius 3 is 2.67 bits per heavy atom. The Hall–Kier alpha value is -1.42. The predicted molar refractivity (Wildman–Crippen MR) is 85.5 cm³/mol. The number of benzene rings is 2. The molecule has 0 unspecified atom stereocenters. The van der Waals surface area contributed by atoms with Gasteiger partial charge in [0.05, 0.1) is 23.9 Å². The first-order chi connectivity index (χ1) is 10.2. The van der Waals surface area contributed by atoms with E-state index in [1.165, 1.54) is 5.56 Å². The van der Waals surface area contributed by atoms with Crippen molar-refractivity contribution in [1.82, 2.24) is 0 Å². The average molecular weight is 324 g/mol. The molecule has 0 fully saturated rings. The van der Waals surface area contributed by atoms with Crippen molar-refractivity contribution < 1.29 is 9.84 Å². The van der Waals surface area contributed by atoms with Gasteiger partial charge >= 0.3 is 0 Å². The summed E-state index contributed by atoms with van der Waals surface area (Å²) < 4.78 is 5.75. The molecule has 0 bridgehead atoms. The second-order valence-corrected chi connectivity index (χ2v) is 5.87. The van der Waals surface area contributed by atoms with Crippen LogP contribution < -0.4 is 9.64 Å². The van der Waals surface area contributed by atoms with E-state index >= 15 is 0 Å². The zero-order valence-electron chi connectivity index (χ0n) is 11.3. The number of hydrogen-bond acceptors (Lipinski definition) is 3. The van der Waals surface area contributed by atoms with Gasteiger partial charge in [-0.05, 0) is 17.7 Å².